The van der Waals surface area contributed by atoms with Crippen LogP contribution in [-0.4, -0.2) is 14.7 Å². The number of imidazole rings is 1. The van der Waals surface area contributed by atoms with E-state index in [4.69, 9.17) is 0 Å². The monoisotopic (exact) mass is 292 g/mol. The van der Waals surface area contributed by atoms with Crippen LogP contribution in [0.2, 0.25) is 0 Å². The van der Waals surface area contributed by atoms with Crippen molar-refractivity contribution in [1.29, 1.82) is 0 Å². The van der Waals surface area contributed by atoms with E-state index in [0.717, 1.165) is 40.8 Å². The van der Waals surface area contributed by atoms with Crippen molar-refractivity contribution < 1.29 is 5.11 Å². The molecule has 0 saturated carbocycles. The van der Waals surface area contributed by atoms with E-state index in [1.807, 2.05) is 35.0 Å². The fourth-order valence-corrected chi connectivity index (χ4v) is 2.48. The summed E-state index contributed by atoms with van der Waals surface area (Å²) in [6.45, 7) is 0. The third-order valence-corrected chi connectivity index (χ3v) is 3.66. The molecule has 1 aromatic heterocycles. The van der Waals surface area contributed by atoms with Gasteiger partial charge in [-0.2, -0.15) is 0 Å². The number of rotatable bonds is 1. The van der Waals surface area contributed by atoms with Gasteiger partial charge in [0.05, 0.1) is 5.69 Å². The number of aliphatic hydroxyl groups excluding tert-OH is 1. The molecule has 17 heavy (non-hydrogen) atoms. The summed E-state index contributed by atoms with van der Waals surface area (Å²) in [6.07, 6.45) is 4.33. The minimum absolute atomic E-state index is 0.407. The number of aryl methyl sites for hydroxylation is 1. The number of aliphatic hydroxyl groups is 1. The number of fused-ring (bicyclic) bond motifs is 1. The highest BCUT2D eigenvalue weighted by Gasteiger charge is 2.19. The number of aromatic nitrogens is 2. The van der Waals surface area contributed by atoms with Crippen molar-refractivity contribution in [2.75, 3.05) is 0 Å². The summed E-state index contributed by atoms with van der Waals surface area (Å²) in [5.74, 6) is 0.988. The smallest absolute Gasteiger partial charge is 0.131 e. The molecule has 3 rings (SSSR count). The van der Waals surface area contributed by atoms with Crippen LogP contribution in [0, 0.1) is 0 Å². The van der Waals surface area contributed by atoms with Gasteiger partial charge < -0.3 is 9.67 Å². The Bertz CT molecular complexity index is 533. The highest BCUT2D eigenvalue weighted by molar-refractivity contribution is 9.10. The maximum atomic E-state index is 9.88. The van der Waals surface area contributed by atoms with Gasteiger partial charge in [0.25, 0.3) is 0 Å². The largest absolute Gasteiger partial charge is 0.373 e. The van der Waals surface area contributed by atoms with Crippen molar-refractivity contribution in [3.8, 4) is 11.3 Å². The van der Waals surface area contributed by atoms with E-state index in [2.05, 4.69) is 20.9 Å². The highest BCUT2D eigenvalue weighted by Crippen LogP contribution is 2.27. The van der Waals surface area contributed by atoms with Crippen LogP contribution in [0.25, 0.3) is 11.3 Å². The second-order valence-electron chi connectivity index (χ2n) is 4.33. The summed E-state index contributed by atoms with van der Waals surface area (Å²) in [4.78, 5) is 4.59. The quantitative estimate of drug-likeness (QED) is 0.877. The molecule has 2 heterocycles. The predicted octanol–water partition coefficient (Wildman–Crippen LogP) is 3.14. The minimum Gasteiger partial charge on any atom is -0.373 e. The van der Waals surface area contributed by atoms with Gasteiger partial charge in [-0.05, 0) is 25.0 Å². The van der Waals surface area contributed by atoms with Gasteiger partial charge in [0.2, 0.25) is 0 Å². The zero-order chi connectivity index (χ0) is 11.8. The Hall–Kier alpha value is -1.13. The first-order valence-electron chi connectivity index (χ1n) is 5.76. The molecule has 0 amide bonds. The highest BCUT2D eigenvalue weighted by atomic mass is 79.9. The van der Waals surface area contributed by atoms with Gasteiger partial charge in [0.1, 0.15) is 12.1 Å². The lowest BCUT2D eigenvalue weighted by Gasteiger charge is -2.19. The molecular weight excluding hydrogens is 280 g/mol. The molecule has 0 saturated heterocycles. The van der Waals surface area contributed by atoms with Gasteiger partial charge in [0.15, 0.2) is 0 Å². The molecule has 1 unspecified atom stereocenters. The van der Waals surface area contributed by atoms with E-state index in [1.54, 1.807) is 0 Å². The van der Waals surface area contributed by atoms with Crippen LogP contribution in [0.3, 0.4) is 0 Å². The van der Waals surface area contributed by atoms with Gasteiger partial charge >= 0.3 is 0 Å². The zero-order valence-electron chi connectivity index (χ0n) is 9.31. The molecule has 0 aliphatic carbocycles. The first-order valence-corrected chi connectivity index (χ1v) is 6.55. The molecule has 1 aliphatic heterocycles. The molecule has 1 aliphatic rings. The first-order chi connectivity index (χ1) is 8.24. The van der Waals surface area contributed by atoms with Crippen molar-refractivity contribution in [3.05, 3.63) is 40.8 Å². The first kappa shape index (κ1) is 11.0. The number of hydrogen-bond acceptors (Lipinski definition) is 2. The van der Waals surface area contributed by atoms with E-state index in [9.17, 15) is 5.11 Å². The molecule has 1 N–H and O–H groups in total. The molecule has 0 bridgehead atoms. The summed E-state index contributed by atoms with van der Waals surface area (Å²) in [7, 11) is 0. The molecule has 88 valence electrons. The summed E-state index contributed by atoms with van der Waals surface area (Å²) in [6, 6.07) is 8.07. The average Bonchev–Trinajstić information content (AvgIpc) is 2.75. The Kier molecular flexibility index (Phi) is 2.76. The maximum absolute atomic E-state index is 9.88. The van der Waals surface area contributed by atoms with Crippen LogP contribution in [-0.2, 0) is 6.42 Å². The minimum atomic E-state index is -0.407. The van der Waals surface area contributed by atoms with Crippen LogP contribution < -0.4 is 0 Å². The van der Waals surface area contributed by atoms with Crippen LogP contribution in [0.1, 0.15) is 24.9 Å². The Labute approximate surface area is 108 Å². The number of nitrogens with zero attached hydrogens (tertiary/aromatic N) is 2. The molecular formula is C13H13BrN2O. The molecule has 4 heteroatoms. The molecule has 1 atom stereocenters. The van der Waals surface area contributed by atoms with E-state index in [0.29, 0.717) is 0 Å². The Morgan fingerprint density at radius 1 is 1.29 bits per heavy atom. The van der Waals surface area contributed by atoms with Crippen molar-refractivity contribution in [3.63, 3.8) is 0 Å². The van der Waals surface area contributed by atoms with Crippen LogP contribution in [0.15, 0.2) is 34.9 Å². The molecule has 0 fully saturated rings. The van der Waals surface area contributed by atoms with Crippen molar-refractivity contribution >= 4 is 15.9 Å². The number of halogens is 1. The second-order valence-corrected chi connectivity index (χ2v) is 5.25. The topological polar surface area (TPSA) is 38.1 Å². The zero-order valence-corrected chi connectivity index (χ0v) is 10.9. The summed E-state index contributed by atoms with van der Waals surface area (Å²) in [5.41, 5.74) is 2.02. The van der Waals surface area contributed by atoms with Crippen molar-refractivity contribution in [2.45, 2.75) is 25.5 Å². The van der Waals surface area contributed by atoms with E-state index >= 15 is 0 Å². The molecule has 1 aromatic carbocycles. The predicted molar refractivity (Wildman–Crippen MR) is 69.6 cm³/mol. The fraction of sp³-hybridized carbons (Fsp3) is 0.308. The molecule has 3 nitrogen and oxygen atoms in total. The summed E-state index contributed by atoms with van der Waals surface area (Å²) < 4.78 is 2.95. The van der Waals surface area contributed by atoms with Gasteiger partial charge in [-0.25, -0.2) is 4.98 Å². The van der Waals surface area contributed by atoms with E-state index in [1.165, 1.54) is 0 Å². The Balaban J connectivity index is 2.02. The van der Waals surface area contributed by atoms with Crippen LogP contribution in [0.4, 0.5) is 0 Å². The normalized spacial score (nSPS) is 19.1. The van der Waals surface area contributed by atoms with Gasteiger partial charge in [-0.1, -0.05) is 28.1 Å². The van der Waals surface area contributed by atoms with Gasteiger partial charge in [0, 0.05) is 22.7 Å². The summed E-state index contributed by atoms with van der Waals surface area (Å²) >= 11 is 3.42. The van der Waals surface area contributed by atoms with Crippen molar-refractivity contribution in [2.24, 2.45) is 0 Å². The fourth-order valence-electron chi connectivity index (χ4n) is 2.22. The Morgan fingerprint density at radius 2 is 2.06 bits per heavy atom. The molecule has 0 spiro atoms. The van der Waals surface area contributed by atoms with Crippen LogP contribution in [0.5, 0.6) is 0 Å². The third kappa shape index (κ3) is 2.03. The van der Waals surface area contributed by atoms with Crippen LogP contribution >= 0.6 is 15.9 Å². The second kappa shape index (κ2) is 4.27. The lowest BCUT2D eigenvalue weighted by Crippen LogP contribution is -2.16. The maximum Gasteiger partial charge on any atom is 0.131 e. The lowest BCUT2D eigenvalue weighted by atomic mass is 10.1. The third-order valence-electron chi connectivity index (χ3n) is 3.13. The van der Waals surface area contributed by atoms with E-state index in [-0.39, 0.29) is 0 Å². The SMILES string of the molecule is OC1CCCc2nc(-c3ccc(Br)cc3)cn21. The molecule has 0 radical (unpaired) electrons. The lowest BCUT2D eigenvalue weighted by molar-refractivity contribution is 0.0781. The summed E-state index contributed by atoms with van der Waals surface area (Å²) in [5, 5.41) is 9.88. The number of benzene rings is 1. The Morgan fingerprint density at radius 3 is 2.76 bits per heavy atom. The van der Waals surface area contributed by atoms with Gasteiger partial charge in [-0.15, -0.1) is 0 Å². The molecule has 2 aromatic rings. The number of hydrogen-bond donors (Lipinski definition) is 1. The van der Waals surface area contributed by atoms with E-state index < -0.39 is 6.23 Å². The van der Waals surface area contributed by atoms with Gasteiger partial charge in [-0.3, -0.25) is 0 Å². The average molecular weight is 293 g/mol. The standard InChI is InChI=1S/C13H13BrN2O/c14-10-6-4-9(5-7-10)11-8-16-12(15-11)2-1-3-13(16)17/h4-8,13,17H,1-3H2. The van der Waals surface area contributed by atoms with Crippen molar-refractivity contribution in [1.82, 2.24) is 9.55 Å².